The Morgan fingerprint density at radius 1 is 1.50 bits per heavy atom. The highest BCUT2D eigenvalue weighted by molar-refractivity contribution is 6.17. The Morgan fingerprint density at radius 3 is 3.36 bits per heavy atom. The van der Waals surface area contributed by atoms with E-state index in [2.05, 4.69) is 15.6 Å². The van der Waals surface area contributed by atoms with E-state index in [0.29, 0.717) is 0 Å². The van der Waals surface area contributed by atoms with Crippen molar-refractivity contribution in [3.05, 3.63) is 35.8 Å². The Morgan fingerprint density at radius 2 is 2.43 bits per heavy atom. The van der Waals surface area contributed by atoms with Gasteiger partial charge in [0.15, 0.2) is 0 Å². The highest BCUT2D eigenvalue weighted by atomic mass is 16.1. The van der Waals surface area contributed by atoms with Crippen molar-refractivity contribution in [1.29, 1.82) is 0 Å². The summed E-state index contributed by atoms with van der Waals surface area (Å²) < 4.78 is 0. The molecule has 0 radical (unpaired) electrons. The molecule has 0 aromatic carbocycles. The number of nitrogens with one attached hydrogen (secondary N) is 2. The molecule has 2 N–H and O–H groups in total. The fourth-order valence-corrected chi connectivity index (χ4v) is 1.92. The van der Waals surface area contributed by atoms with Crippen molar-refractivity contribution in [2.45, 2.75) is 0 Å². The van der Waals surface area contributed by atoms with Gasteiger partial charge in [-0.3, -0.25) is 9.79 Å². The van der Waals surface area contributed by atoms with Crippen LogP contribution in [0.4, 0.5) is 0 Å². The summed E-state index contributed by atoms with van der Waals surface area (Å²) in [7, 11) is 0. The average molecular weight is 187 g/mol. The number of allylic oxidation sites excluding steroid dienone is 2. The Balaban J connectivity index is 2.13. The number of rotatable bonds is 0. The van der Waals surface area contributed by atoms with Gasteiger partial charge in [0, 0.05) is 24.5 Å². The van der Waals surface area contributed by atoms with Crippen LogP contribution in [0, 0.1) is 5.92 Å². The second-order valence-corrected chi connectivity index (χ2v) is 3.41. The molecule has 3 aliphatic heterocycles. The SMILES string of the molecule is O=C1NC=CC2=NC3=CCNC=C3C12. The summed E-state index contributed by atoms with van der Waals surface area (Å²) in [4.78, 5) is 16.0. The molecule has 0 bridgehead atoms. The molecule has 1 atom stereocenters. The van der Waals surface area contributed by atoms with Crippen LogP contribution in [0.1, 0.15) is 0 Å². The molecule has 70 valence electrons. The van der Waals surface area contributed by atoms with Crippen LogP contribution in [0.2, 0.25) is 0 Å². The van der Waals surface area contributed by atoms with Crippen molar-refractivity contribution in [2.75, 3.05) is 6.54 Å². The van der Waals surface area contributed by atoms with Gasteiger partial charge < -0.3 is 10.6 Å². The zero-order valence-electron chi connectivity index (χ0n) is 7.45. The minimum Gasteiger partial charge on any atom is -0.387 e. The van der Waals surface area contributed by atoms with Gasteiger partial charge in [-0.2, -0.15) is 0 Å². The Hall–Kier alpha value is -1.84. The second kappa shape index (κ2) is 2.57. The lowest BCUT2D eigenvalue weighted by Gasteiger charge is -2.17. The molecule has 4 nitrogen and oxygen atoms in total. The van der Waals surface area contributed by atoms with Crippen molar-refractivity contribution in [1.82, 2.24) is 10.6 Å². The van der Waals surface area contributed by atoms with Crippen LogP contribution in [-0.2, 0) is 4.79 Å². The third kappa shape index (κ3) is 0.878. The number of nitrogens with zero attached hydrogens (tertiary/aromatic N) is 1. The van der Waals surface area contributed by atoms with E-state index >= 15 is 0 Å². The smallest absolute Gasteiger partial charge is 0.237 e. The van der Waals surface area contributed by atoms with Crippen molar-refractivity contribution in [3.8, 4) is 0 Å². The minimum absolute atomic E-state index is 0.00426. The van der Waals surface area contributed by atoms with Crippen LogP contribution in [0.3, 0.4) is 0 Å². The summed E-state index contributed by atoms with van der Waals surface area (Å²) in [5.74, 6) is -0.205. The first kappa shape index (κ1) is 7.55. The van der Waals surface area contributed by atoms with Crippen molar-refractivity contribution in [2.24, 2.45) is 10.9 Å². The van der Waals surface area contributed by atoms with Crippen molar-refractivity contribution >= 4 is 11.6 Å². The molecular weight excluding hydrogens is 178 g/mol. The van der Waals surface area contributed by atoms with Gasteiger partial charge >= 0.3 is 0 Å². The number of fused-ring (bicyclic) bond motifs is 3. The third-order valence-corrected chi connectivity index (χ3v) is 2.56. The quantitative estimate of drug-likeness (QED) is 0.564. The second-order valence-electron chi connectivity index (χ2n) is 3.41. The van der Waals surface area contributed by atoms with Gasteiger partial charge in [-0.15, -0.1) is 0 Å². The van der Waals surface area contributed by atoms with Crippen LogP contribution < -0.4 is 10.6 Å². The van der Waals surface area contributed by atoms with Gasteiger partial charge in [0.25, 0.3) is 0 Å². The Labute approximate surface area is 81.1 Å². The normalized spacial score (nSPS) is 27.9. The summed E-state index contributed by atoms with van der Waals surface area (Å²) in [5.41, 5.74) is 2.76. The molecule has 0 saturated carbocycles. The maximum Gasteiger partial charge on any atom is 0.237 e. The van der Waals surface area contributed by atoms with Gasteiger partial charge in [0.1, 0.15) is 5.92 Å². The lowest BCUT2D eigenvalue weighted by molar-refractivity contribution is -0.121. The number of hydrogen-bond donors (Lipinski definition) is 2. The van der Waals surface area contributed by atoms with Gasteiger partial charge in [-0.05, 0) is 12.2 Å². The van der Waals surface area contributed by atoms with E-state index in [0.717, 1.165) is 23.5 Å². The fraction of sp³-hybridized carbons (Fsp3) is 0.200. The van der Waals surface area contributed by atoms with E-state index in [1.165, 1.54) is 0 Å². The molecule has 14 heavy (non-hydrogen) atoms. The van der Waals surface area contributed by atoms with Crippen LogP contribution in [0.15, 0.2) is 40.8 Å². The molecular formula is C10H9N3O. The number of dihydropyridines is 1. The van der Waals surface area contributed by atoms with Crippen LogP contribution in [-0.4, -0.2) is 18.2 Å². The topological polar surface area (TPSA) is 53.5 Å². The molecule has 1 amide bonds. The van der Waals surface area contributed by atoms with E-state index in [-0.39, 0.29) is 11.8 Å². The Kier molecular flexibility index (Phi) is 1.39. The highest BCUT2D eigenvalue weighted by Crippen LogP contribution is 2.32. The maximum atomic E-state index is 11.6. The summed E-state index contributed by atoms with van der Waals surface area (Å²) in [6.45, 7) is 0.785. The van der Waals surface area contributed by atoms with E-state index in [4.69, 9.17) is 0 Å². The number of aliphatic imine (C=N–C) groups is 1. The molecule has 1 unspecified atom stereocenters. The van der Waals surface area contributed by atoms with E-state index < -0.39 is 0 Å². The number of hydrogen-bond acceptors (Lipinski definition) is 3. The first-order chi connectivity index (χ1) is 6.86. The van der Waals surface area contributed by atoms with Gasteiger partial charge in [-0.25, -0.2) is 0 Å². The monoisotopic (exact) mass is 187 g/mol. The number of carbonyl (C=O) groups is 1. The number of carbonyl (C=O) groups excluding carboxylic acids is 1. The highest BCUT2D eigenvalue weighted by Gasteiger charge is 2.36. The third-order valence-electron chi connectivity index (χ3n) is 2.56. The summed E-state index contributed by atoms with van der Waals surface area (Å²) >= 11 is 0. The van der Waals surface area contributed by atoms with Crippen molar-refractivity contribution in [3.63, 3.8) is 0 Å². The van der Waals surface area contributed by atoms with Crippen LogP contribution >= 0.6 is 0 Å². The molecule has 0 saturated heterocycles. The van der Waals surface area contributed by atoms with Gasteiger partial charge in [0.2, 0.25) is 5.91 Å². The average Bonchev–Trinajstić information content (AvgIpc) is 2.57. The lowest BCUT2D eigenvalue weighted by atomic mass is 9.92. The predicted molar refractivity (Wildman–Crippen MR) is 52.4 cm³/mol. The molecule has 0 aromatic heterocycles. The van der Waals surface area contributed by atoms with E-state index in [1.807, 2.05) is 18.4 Å². The summed E-state index contributed by atoms with van der Waals surface area (Å²) in [6, 6.07) is 0. The summed E-state index contributed by atoms with van der Waals surface area (Å²) in [6.07, 6.45) is 7.38. The van der Waals surface area contributed by atoms with Crippen LogP contribution in [0.25, 0.3) is 0 Å². The van der Waals surface area contributed by atoms with E-state index in [1.54, 1.807) is 6.20 Å². The molecule has 0 spiro atoms. The molecule has 0 aromatic rings. The standard InChI is InChI=1S/C10H9N3O/c14-10-9-6-5-11-3-1-7(6)13-8(9)2-4-12-10/h1-2,4-5,9,11H,3H2,(H,12,14). The van der Waals surface area contributed by atoms with Crippen molar-refractivity contribution < 1.29 is 4.79 Å². The maximum absolute atomic E-state index is 11.6. The predicted octanol–water partition coefficient (Wildman–Crippen LogP) is 0.0717. The summed E-state index contributed by atoms with van der Waals surface area (Å²) in [5, 5.41) is 5.78. The largest absolute Gasteiger partial charge is 0.387 e. The molecule has 0 aliphatic carbocycles. The van der Waals surface area contributed by atoms with Gasteiger partial charge in [-0.1, -0.05) is 0 Å². The fourth-order valence-electron chi connectivity index (χ4n) is 1.92. The van der Waals surface area contributed by atoms with Crippen LogP contribution in [0.5, 0.6) is 0 Å². The molecule has 4 heteroatoms. The Bertz CT molecular complexity index is 429. The first-order valence-corrected chi connectivity index (χ1v) is 4.56. The zero-order chi connectivity index (χ0) is 9.54. The molecule has 3 heterocycles. The zero-order valence-corrected chi connectivity index (χ0v) is 7.45. The first-order valence-electron chi connectivity index (χ1n) is 4.56. The lowest BCUT2D eigenvalue weighted by Crippen LogP contribution is -2.35. The molecule has 3 rings (SSSR count). The molecule has 0 fully saturated rings. The number of amides is 1. The molecule has 3 aliphatic rings. The van der Waals surface area contributed by atoms with Gasteiger partial charge in [0.05, 0.1) is 11.4 Å². The van der Waals surface area contributed by atoms with E-state index in [9.17, 15) is 4.79 Å². The minimum atomic E-state index is -0.209.